The van der Waals surface area contributed by atoms with Crippen molar-refractivity contribution in [3.8, 4) is 0 Å². The van der Waals surface area contributed by atoms with Crippen molar-refractivity contribution >= 4 is 23.9 Å². The monoisotopic (exact) mass is 1020 g/mol. The maximum absolute atomic E-state index is 16.7. The Kier molecular flexibility index (Phi) is 20.8. The lowest BCUT2D eigenvalue weighted by Crippen LogP contribution is -2.67. The van der Waals surface area contributed by atoms with E-state index in [1.807, 2.05) is 0 Å². The Hall–Kier alpha value is -6.74. The highest BCUT2D eigenvalue weighted by Gasteiger charge is 2.60. The third kappa shape index (κ3) is 13.8. The second-order valence-electron chi connectivity index (χ2n) is 16.6. The van der Waals surface area contributed by atoms with Gasteiger partial charge in [-0.3, -0.25) is 19.2 Å². The molecule has 0 bridgehead atoms. The van der Waals surface area contributed by atoms with Crippen molar-refractivity contribution in [3.63, 3.8) is 0 Å². The van der Waals surface area contributed by atoms with E-state index in [4.69, 9.17) is 57.6 Å². The predicted octanol–water partition coefficient (Wildman–Crippen LogP) is 5.04. The molecule has 0 spiro atoms. The summed E-state index contributed by atoms with van der Waals surface area (Å²) < 4.78 is 83.1. The molecule has 4 fully saturated rings. The summed E-state index contributed by atoms with van der Waals surface area (Å²) in [5.74, 6) is -4.77. The molecule has 0 amide bonds. The minimum atomic E-state index is -2.02. The molecule has 20 atom stereocenters. The number of nitrogens with zero attached hydrogens (tertiary/aromatic N) is 15. The van der Waals surface area contributed by atoms with E-state index < -0.39 is 159 Å². The van der Waals surface area contributed by atoms with E-state index >= 15 is 4.39 Å². The van der Waals surface area contributed by atoms with Crippen LogP contribution in [-0.2, 0) is 77.9 Å². The summed E-state index contributed by atoms with van der Waals surface area (Å²) >= 11 is 0. The van der Waals surface area contributed by atoms with Crippen LogP contribution in [-0.4, -0.2) is 158 Å². The normalized spacial score (nSPS) is 36.0. The number of halogens is 1. The first kappa shape index (κ1) is 56.2. The second-order valence-corrected chi connectivity index (χ2v) is 16.6. The highest BCUT2D eigenvalue weighted by molar-refractivity contribution is 5.68. The van der Waals surface area contributed by atoms with Crippen molar-refractivity contribution in [2.75, 3.05) is 13.1 Å². The number of rotatable bonds is 21. The second kappa shape index (κ2) is 26.6. The molecule has 31 nitrogen and oxygen atoms in total. The number of carbonyl (C=O) groups is 4. The average Bonchev–Trinajstić information content (AvgIpc) is 3.65. The van der Waals surface area contributed by atoms with Gasteiger partial charge in [0.25, 0.3) is 0 Å². The molecule has 1 N–H and O–H groups in total. The van der Waals surface area contributed by atoms with Crippen LogP contribution in [0.5, 0.6) is 0 Å². The summed E-state index contributed by atoms with van der Waals surface area (Å²) in [5, 5.41) is 30.0. The van der Waals surface area contributed by atoms with E-state index in [0.717, 1.165) is 27.7 Å². The summed E-state index contributed by atoms with van der Waals surface area (Å²) in [6, 6.07) is 3.26. The van der Waals surface area contributed by atoms with Gasteiger partial charge in [0.2, 0.25) is 0 Å². The summed E-state index contributed by atoms with van der Waals surface area (Å²) in [7, 11) is 0. The molecule has 72 heavy (non-hydrogen) atoms. The molecule has 1 aromatic rings. The first-order valence-electron chi connectivity index (χ1n) is 22.3. The molecule has 4 aliphatic rings. The molecule has 0 radical (unpaired) electrons. The van der Waals surface area contributed by atoms with E-state index in [9.17, 15) is 46.4 Å². The SMILES string of the molecule is CC[C@H]1O[C@@H](O[C@H]2[C@H](O[C@H]3O[C@H](CN=[N+]=[N-])[C@@H](C)[C@H](F)[C@H]3OCc3ccccc3)[C@@H](N=[N+]=[N-])[C@H](O)[C@@H](N=[N+]=[N-])[C@@H]2OC(C)=O)[C@H](OC(C)=O)[C@@H]1O[C@H]1O[C@@H](CN=[N+]=[N-])[C@@H](OC(C)=O)[C@H](OC(C)=O)[C@H]1N=[N+]=[N-]. The lowest BCUT2D eigenvalue weighted by molar-refractivity contribution is -0.328. The number of hydrogen-bond acceptors (Lipinski definition) is 21. The van der Waals surface area contributed by atoms with E-state index in [2.05, 4.69) is 50.1 Å². The molecule has 1 aliphatic carbocycles. The van der Waals surface area contributed by atoms with Gasteiger partial charge in [-0.1, -0.05) is 69.8 Å². The van der Waals surface area contributed by atoms with Crippen molar-refractivity contribution in [3.05, 3.63) is 88.1 Å². The highest BCUT2D eigenvalue weighted by atomic mass is 19.1. The Labute approximate surface area is 407 Å². The Balaban J connectivity index is 1.63. The minimum absolute atomic E-state index is 0.0190. The van der Waals surface area contributed by atoms with Crippen LogP contribution in [0.3, 0.4) is 0 Å². The van der Waals surface area contributed by atoms with Crippen LogP contribution in [0.1, 0.15) is 53.5 Å². The maximum atomic E-state index is 16.7. The molecule has 390 valence electrons. The van der Waals surface area contributed by atoms with Crippen LogP contribution in [0.4, 0.5) is 4.39 Å². The van der Waals surface area contributed by atoms with Gasteiger partial charge in [-0.15, -0.1) is 0 Å². The van der Waals surface area contributed by atoms with Crippen LogP contribution in [0.15, 0.2) is 55.9 Å². The molecule has 3 saturated heterocycles. The van der Waals surface area contributed by atoms with Crippen LogP contribution < -0.4 is 0 Å². The van der Waals surface area contributed by atoms with Crippen LogP contribution in [0.2, 0.25) is 0 Å². The standard InChI is InChI=1S/C40H52FN15O16/c1-7-22-30(70-38-28(51-56-46)35(65-19(5)59)31(63-17(3)57)24(69-38)14-48-53-43)37(66-20(6)60)40(67-22)72-36-33(64-18(4)58)26(49-54-44)29(61)27(50-55-45)34(36)71-39-32(62-15-21-11-9-8-10-12-21)25(41)16(2)23(68-39)13-47-52-42/h8-12,16,22-40,61H,7,13-15H2,1-6H3/t16-,22-,23-,24+,25+,26-,27+,28-,29-,30-,31-,32-,33+,34-,35-,36-,37-,38-,39-,40+/m1/s1. The summed E-state index contributed by atoms with van der Waals surface area (Å²) in [4.78, 5) is 64.5. The number of carbonyl (C=O) groups excluding carboxylic acids is 4. The number of aliphatic hydroxyl groups excluding tert-OH is 1. The van der Waals surface area contributed by atoms with Crippen molar-refractivity contribution < 1.29 is 80.8 Å². The lowest BCUT2D eigenvalue weighted by atomic mass is 9.81. The fraction of sp³-hybridized carbons (Fsp3) is 0.750. The molecule has 3 aliphatic heterocycles. The highest BCUT2D eigenvalue weighted by Crippen LogP contribution is 2.41. The molecule has 32 heteroatoms. The third-order valence-electron chi connectivity index (χ3n) is 11.9. The van der Waals surface area contributed by atoms with E-state index in [0.29, 0.717) is 5.56 Å². The van der Waals surface area contributed by atoms with Gasteiger partial charge in [0.15, 0.2) is 37.2 Å². The number of aliphatic hydroxyl groups is 1. The van der Waals surface area contributed by atoms with Crippen molar-refractivity contribution in [2.24, 2.45) is 31.5 Å². The number of azide groups is 5. The molecule has 1 aromatic carbocycles. The number of ether oxygens (including phenoxy) is 11. The van der Waals surface area contributed by atoms with E-state index in [1.54, 1.807) is 37.3 Å². The zero-order valence-electron chi connectivity index (χ0n) is 39.4. The molecule has 1 saturated carbocycles. The zero-order chi connectivity index (χ0) is 52.6. The summed E-state index contributed by atoms with van der Waals surface area (Å²) in [5.41, 5.74) is 48.2. The predicted molar refractivity (Wildman–Crippen MR) is 235 cm³/mol. The number of esters is 4. The largest absolute Gasteiger partial charge is 0.459 e. The summed E-state index contributed by atoms with van der Waals surface area (Å²) in [6.45, 7) is 6.00. The van der Waals surface area contributed by atoms with Gasteiger partial charge in [-0.25, -0.2) is 4.39 Å². The van der Waals surface area contributed by atoms with Gasteiger partial charge in [-0.2, -0.15) is 0 Å². The van der Waals surface area contributed by atoms with Gasteiger partial charge in [0.1, 0.15) is 54.9 Å². The third-order valence-corrected chi connectivity index (χ3v) is 11.9. The maximum Gasteiger partial charge on any atom is 0.303 e. The first-order valence-corrected chi connectivity index (χ1v) is 22.3. The molecule has 0 unspecified atom stereocenters. The Morgan fingerprint density at radius 1 is 0.583 bits per heavy atom. The van der Waals surface area contributed by atoms with Crippen molar-refractivity contribution in [1.29, 1.82) is 0 Å². The van der Waals surface area contributed by atoms with Crippen LogP contribution in [0.25, 0.3) is 52.2 Å². The number of benzene rings is 1. The molecule has 3 heterocycles. The Morgan fingerprint density at radius 2 is 1.04 bits per heavy atom. The van der Waals surface area contributed by atoms with Gasteiger partial charge in [-0.05, 0) is 39.6 Å². The number of alkyl halides is 1. The quantitative estimate of drug-likeness (QED) is 0.0553. The van der Waals surface area contributed by atoms with E-state index in [-0.39, 0.29) is 13.0 Å². The van der Waals surface area contributed by atoms with E-state index in [1.165, 1.54) is 6.92 Å². The lowest BCUT2D eigenvalue weighted by Gasteiger charge is -2.49. The average molecular weight is 1020 g/mol. The smallest absolute Gasteiger partial charge is 0.303 e. The van der Waals surface area contributed by atoms with Gasteiger partial charge in [0, 0.05) is 58.2 Å². The van der Waals surface area contributed by atoms with Gasteiger partial charge < -0.3 is 57.2 Å². The fourth-order valence-corrected chi connectivity index (χ4v) is 8.78. The molecular formula is C40H52FN15O16. The van der Waals surface area contributed by atoms with Crippen LogP contribution in [0, 0.1) is 5.92 Å². The molecule has 0 aromatic heterocycles. The Morgan fingerprint density at radius 3 is 1.60 bits per heavy atom. The van der Waals surface area contributed by atoms with Crippen molar-refractivity contribution in [1.82, 2.24) is 0 Å². The number of hydrogen-bond donors (Lipinski definition) is 1. The molecule has 5 rings (SSSR count). The first-order chi connectivity index (χ1) is 34.5. The van der Waals surface area contributed by atoms with Gasteiger partial charge >= 0.3 is 23.9 Å². The molecular weight excluding hydrogens is 966 g/mol. The fourth-order valence-electron chi connectivity index (χ4n) is 8.78. The van der Waals surface area contributed by atoms with Crippen molar-refractivity contribution in [2.45, 2.75) is 171 Å². The summed E-state index contributed by atoms with van der Waals surface area (Å²) in [6.07, 6.45) is -26.8. The zero-order valence-corrected chi connectivity index (χ0v) is 39.4. The van der Waals surface area contributed by atoms with Crippen LogP contribution >= 0.6 is 0 Å². The topological polar surface area (TPSA) is 434 Å². The van der Waals surface area contributed by atoms with Gasteiger partial charge in [0.05, 0.1) is 44.1 Å². The minimum Gasteiger partial charge on any atom is -0.459 e. The Bertz CT molecular complexity index is 2320.